The maximum Gasteiger partial charge on any atom is 0.519 e. The molecular formula is C28H27F2N7O5S. The van der Waals surface area contributed by atoms with Crippen LogP contribution in [0.15, 0.2) is 49.7 Å². The van der Waals surface area contributed by atoms with E-state index in [4.69, 9.17) is 13.6 Å². The highest BCUT2D eigenvalue weighted by Crippen LogP contribution is 2.34. The number of hydrogen-bond acceptors (Lipinski definition) is 10. The SMILES string of the molecule is CCO[C@H]1CC[C@H](n2cc(NC(=O)c3csc(-c4cnn(Cc5oc(=O)oc5C)c4)n3)c(-c3nc(F)ccc3F)n2)CC1. The van der Waals surface area contributed by atoms with Gasteiger partial charge in [-0.25, -0.2) is 19.2 Å². The zero-order valence-corrected chi connectivity index (χ0v) is 24.1. The van der Waals surface area contributed by atoms with Crippen LogP contribution in [-0.4, -0.2) is 48.1 Å². The van der Waals surface area contributed by atoms with Crippen molar-refractivity contribution < 1.29 is 27.1 Å². The molecule has 0 aliphatic heterocycles. The topological polar surface area (TPSA) is 143 Å². The van der Waals surface area contributed by atoms with Crippen LogP contribution in [0.5, 0.6) is 0 Å². The molecule has 0 atom stereocenters. The summed E-state index contributed by atoms with van der Waals surface area (Å²) in [5, 5.41) is 13.7. The first-order valence-corrected chi connectivity index (χ1v) is 14.6. The summed E-state index contributed by atoms with van der Waals surface area (Å²) in [6.45, 7) is 4.41. The van der Waals surface area contributed by atoms with E-state index in [2.05, 4.69) is 25.5 Å². The Balaban J connectivity index is 1.22. The average Bonchev–Trinajstić information content (AvgIpc) is 3.78. The molecule has 0 radical (unpaired) electrons. The number of rotatable bonds is 9. The van der Waals surface area contributed by atoms with Crippen LogP contribution in [0.4, 0.5) is 14.5 Å². The minimum Gasteiger partial charge on any atom is -0.396 e. The molecular weight excluding hydrogens is 584 g/mol. The molecule has 1 aliphatic carbocycles. The third kappa shape index (κ3) is 6.17. The van der Waals surface area contributed by atoms with Gasteiger partial charge in [0.15, 0.2) is 11.6 Å². The van der Waals surface area contributed by atoms with Crippen LogP contribution in [0.25, 0.3) is 22.0 Å². The van der Waals surface area contributed by atoms with Crippen molar-refractivity contribution in [2.45, 2.75) is 58.2 Å². The number of aryl methyl sites for hydroxylation is 1. The fraction of sp³-hybridized carbons (Fsp3) is 0.357. The second-order valence-electron chi connectivity index (χ2n) is 10.1. The number of anilines is 1. The number of aromatic nitrogens is 6. The Morgan fingerprint density at radius 2 is 1.95 bits per heavy atom. The lowest BCUT2D eigenvalue weighted by Gasteiger charge is -2.28. The molecule has 0 saturated heterocycles. The van der Waals surface area contributed by atoms with Crippen LogP contribution in [-0.2, 0) is 11.3 Å². The molecule has 0 unspecified atom stereocenters. The van der Waals surface area contributed by atoms with Gasteiger partial charge in [-0.1, -0.05) is 0 Å². The number of hydrogen-bond donors (Lipinski definition) is 1. The Kier molecular flexibility index (Phi) is 7.99. The van der Waals surface area contributed by atoms with E-state index in [0.29, 0.717) is 28.7 Å². The third-order valence-corrected chi connectivity index (χ3v) is 8.09. The van der Waals surface area contributed by atoms with Crippen LogP contribution in [0.3, 0.4) is 0 Å². The van der Waals surface area contributed by atoms with Gasteiger partial charge in [0.05, 0.1) is 24.0 Å². The van der Waals surface area contributed by atoms with Crippen LogP contribution >= 0.6 is 11.3 Å². The average molecular weight is 612 g/mol. The summed E-state index contributed by atoms with van der Waals surface area (Å²) in [6, 6.07) is 1.90. The molecule has 43 heavy (non-hydrogen) atoms. The number of halogens is 2. The lowest BCUT2D eigenvalue weighted by molar-refractivity contribution is 0.0260. The monoisotopic (exact) mass is 611 g/mol. The van der Waals surface area contributed by atoms with Gasteiger partial charge in [0.1, 0.15) is 34.4 Å². The predicted octanol–water partition coefficient (Wildman–Crippen LogP) is 5.22. The zero-order valence-electron chi connectivity index (χ0n) is 23.3. The van der Waals surface area contributed by atoms with E-state index >= 15 is 0 Å². The molecule has 1 aliphatic rings. The van der Waals surface area contributed by atoms with Crippen LogP contribution < -0.4 is 11.1 Å². The van der Waals surface area contributed by atoms with Gasteiger partial charge in [-0.15, -0.1) is 11.3 Å². The van der Waals surface area contributed by atoms with Crippen molar-refractivity contribution in [3.05, 3.63) is 75.7 Å². The number of carbonyl (C=O) groups is 1. The van der Waals surface area contributed by atoms with Crippen LogP contribution in [0, 0.1) is 18.7 Å². The van der Waals surface area contributed by atoms with E-state index in [1.54, 1.807) is 40.3 Å². The molecule has 0 aromatic carbocycles. The van der Waals surface area contributed by atoms with Crippen molar-refractivity contribution in [3.8, 4) is 22.0 Å². The van der Waals surface area contributed by atoms with E-state index < -0.39 is 23.5 Å². The number of ether oxygens (including phenoxy) is 1. The van der Waals surface area contributed by atoms with Gasteiger partial charge < -0.3 is 18.9 Å². The summed E-state index contributed by atoms with van der Waals surface area (Å²) in [7, 11) is 0. The van der Waals surface area contributed by atoms with E-state index in [1.807, 2.05) is 6.92 Å². The minimum atomic E-state index is -0.866. The molecule has 1 saturated carbocycles. The van der Waals surface area contributed by atoms with Gasteiger partial charge in [-0.3, -0.25) is 14.2 Å². The standard InChI is InChI=1S/C28H27F2N7O5S/c1-3-40-18-6-4-17(5-7-18)37-12-20(25(35-37)24-19(29)8-9-23(30)34-24)32-26(38)21-14-43-27(33-21)16-10-31-36(11-16)13-22-15(2)41-28(39)42-22/h8-12,14,17-18H,3-7,13H2,1-2H3,(H,32,38)/t17-,18-. The fourth-order valence-electron chi connectivity index (χ4n) is 5.07. The summed E-state index contributed by atoms with van der Waals surface area (Å²) in [4.78, 5) is 32.8. The highest BCUT2D eigenvalue weighted by molar-refractivity contribution is 7.13. The number of thiazole rings is 1. The molecule has 0 spiro atoms. The zero-order chi connectivity index (χ0) is 30.1. The highest BCUT2D eigenvalue weighted by Gasteiger charge is 2.27. The maximum absolute atomic E-state index is 14.8. The quantitative estimate of drug-likeness (QED) is 0.222. The summed E-state index contributed by atoms with van der Waals surface area (Å²) in [6.07, 6.45) is 8.34. The molecule has 15 heteroatoms. The molecule has 5 aromatic rings. The van der Waals surface area contributed by atoms with Crippen molar-refractivity contribution in [1.29, 1.82) is 0 Å². The Bertz CT molecular complexity index is 1820. The van der Waals surface area contributed by atoms with Crippen LogP contribution in [0.2, 0.25) is 0 Å². The molecule has 0 bridgehead atoms. The highest BCUT2D eigenvalue weighted by atomic mass is 32.1. The molecule has 224 valence electrons. The molecule has 12 nitrogen and oxygen atoms in total. The summed E-state index contributed by atoms with van der Waals surface area (Å²) in [5.41, 5.74) is 0.679. The Morgan fingerprint density at radius 1 is 1.14 bits per heavy atom. The molecule has 1 fully saturated rings. The maximum atomic E-state index is 14.8. The Hall–Kier alpha value is -4.50. The van der Waals surface area contributed by atoms with Gasteiger partial charge in [-0.2, -0.15) is 14.6 Å². The minimum absolute atomic E-state index is 0.000919. The second kappa shape index (κ2) is 12.0. The smallest absolute Gasteiger partial charge is 0.396 e. The number of pyridine rings is 1. The van der Waals surface area contributed by atoms with Gasteiger partial charge in [0, 0.05) is 29.9 Å². The number of carbonyl (C=O) groups excluding carboxylic acids is 1. The summed E-state index contributed by atoms with van der Waals surface area (Å²) < 4.78 is 47.7. The molecule has 5 aromatic heterocycles. The number of nitrogens with zero attached hydrogens (tertiary/aromatic N) is 6. The van der Waals surface area contributed by atoms with Crippen molar-refractivity contribution in [3.63, 3.8) is 0 Å². The summed E-state index contributed by atoms with van der Waals surface area (Å²) >= 11 is 1.23. The normalized spacial score (nSPS) is 16.9. The Labute approximate surface area is 247 Å². The summed E-state index contributed by atoms with van der Waals surface area (Å²) in [5.74, 6) is -2.25. The largest absolute Gasteiger partial charge is 0.519 e. The fourth-order valence-corrected chi connectivity index (χ4v) is 5.84. The first-order valence-electron chi connectivity index (χ1n) is 13.7. The van der Waals surface area contributed by atoms with Gasteiger partial charge in [0.2, 0.25) is 5.95 Å². The van der Waals surface area contributed by atoms with E-state index in [1.165, 1.54) is 11.3 Å². The van der Waals surface area contributed by atoms with E-state index in [0.717, 1.165) is 37.8 Å². The van der Waals surface area contributed by atoms with Crippen molar-refractivity contribution in [2.24, 2.45) is 0 Å². The number of nitrogens with one attached hydrogen (secondary N) is 1. The Morgan fingerprint density at radius 3 is 2.70 bits per heavy atom. The molecule has 5 heterocycles. The van der Waals surface area contributed by atoms with E-state index in [-0.39, 0.29) is 41.5 Å². The van der Waals surface area contributed by atoms with E-state index in [9.17, 15) is 18.4 Å². The molecule has 1 N–H and O–H groups in total. The first kappa shape index (κ1) is 28.6. The van der Waals surface area contributed by atoms with Gasteiger partial charge >= 0.3 is 5.82 Å². The third-order valence-electron chi connectivity index (χ3n) is 7.19. The molecule has 1 amide bonds. The lowest BCUT2D eigenvalue weighted by atomic mass is 9.93. The lowest BCUT2D eigenvalue weighted by Crippen LogP contribution is -2.24. The van der Waals surface area contributed by atoms with Gasteiger partial charge in [-0.05, 0) is 51.7 Å². The van der Waals surface area contributed by atoms with Crippen LogP contribution in [0.1, 0.15) is 60.7 Å². The molecule has 6 rings (SSSR count). The van der Waals surface area contributed by atoms with Crippen molar-refractivity contribution >= 4 is 22.9 Å². The predicted molar refractivity (Wildman–Crippen MR) is 151 cm³/mol. The second-order valence-corrected chi connectivity index (χ2v) is 10.9. The first-order chi connectivity index (χ1) is 20.8. The van der Waals surface area contributed by atoms with Crippen molar-refractivity contribution in [2.75, 3.05) is 11.9 Å². The number of amides is 1. The van der Waals surface area contributed by atoms with Gasteiger partial charge in [0.25, 0.3) is 5.91 Å². The van der Waals surface area contributed by atoms with Crippen molar-refractivity contribution in [1.82, 2.24) is 29.5 Å².